The van der Waals surface area contributed by atoms with E-state index in [9.17, 15) is 22.4 Å². The third kappa shape index (κ3) is 9.08. The first-order chi connectivity index (χ1) is 21.8. The molecule has 242 valence electrons. The van der Waals surface area contributed by atoms with Crippen molar-refractivity contribution in [1.82, 2.24) is 10.2 Å². The highest BCUT2D eigenvalue weighted by Gasteiger charge is 2.35. The van der Waals surface area contributed by atoms with Crippen molar-refractivity contribution in [3.8, 4) is 5.75 Å². The Morgan fingerprint density at radius 1 is 0.891 bits per heavy atom. The second-order valence-electron chi connectivity index (χ2n) is 11.8. The van der Waals surface area contributed by atoms with Gasteiger partial charge in [-0.05, 0) is 92.6 Å². The molecule has 0 radical (unpaired) electrons. The number of benzene rings is 4. The van der Waals surface area contributed by atoms with Crippen LogP contribution in [0.4, 0.5) is 10.1 Å². The van der Waals surface area contributed by atoms with Gasteiger partial charge >= 0.3 is 0 Å². The van der Waals surface area contributed by atoms with Gasteiger partial charge in [-0.15, -0.1) is 0 Å². The molecular formula is C35H37ClFN3O5S. The number of carbonyl (C=O) groups is 2. The van der Waals surface area contributed by atoms with Gasteiger partial charge < -0.3 is 15.0 Å². The molecule has 0 bridgehead atoms. The molecule has 1 unspecified atom stereocenters. The van der Waals surface area contributed by atoms with Crippen LogP contribution in [0.3, 0.4) is 0 Å². The number of carbonyl (C=O) groups excluding carboxylic acids is 2. The highest BCUT2D eigenvalue weighted by Crippen LogP contribution is 2.27. The summed E-state index contributed by atoms with van der Waals surface area (Å²) in [5.74, 6) is -1.17. The quantitative estimate of drug-likeness (QED) is 0.193. The molecule has 0 aliphatic rings. The minimum atomic E-state index is -4.35. The normalized spacial score (nSPS) is 12.2. The number of halogens is 2. The fourth-order valence-corrected chi connectivity index (χ4v) is 6.48. The van der Waals surface area contributed by atoms with E-state index in [0.29, 0.717) is 16.3 Å². The van der Waals surface area contributed by atoms with Gasteiger partial charge in [0, 0.05) is 23.5 Å². The topological polar surface area (TPSA) is 96.0 Å². The molecule has 2 amide bonds. The van der Waals surface area contributed by atoms with Gasteiger partial charge in [0.25, 0.3) is 10.0 Å². The Kier molecular flexibility index (Phi) is 11.1. The van der Waals surface area contributed by atoms with Crippen molar-refractivity contribution >= 4 is 39.1 Å². The summed E-state index contributed by atoms with van der Waals surface area (Å²) in [5.41, 5.74) is 0.914. The summed E-state index contributed by atoms with van der Waals surface area (Å²) in [6, 6.07) is 25.7. The molecule has 1 atom stereocenters. The molecule has 0 spiro atoms. The first kappa shape index (κ1) is 34.5. The lowest BCUT2D eigenvalue weighted by Crippen LogP contribution is -2.56. The maximum absolute atomic E-state index is 14.5. The molecule has 0 saturated heterocycles. The zero-order valence-electron chi connectivity index (χ0n) is 26.1. The van der Waals surface area contributed by atoms with Crippen molar-refractivity contribution in [2.75, 3.05) is 18.0 Å². The van der Waals surface area contributed by atoms with E-state index in [4.69, 9.17) is 16.3 Å². The third-order valence-corrected chi connectivity index (χ3v) is 9.08. The number of sulfonamides is 1. The summed E-state index contributed by atoms with van der Waals surface area (Å²) in [4.78, 5) is 29.7. The summed E-state index contributed by atoms with van der Waals surface area (Å²) in [7, 11) is -2.89. The average Bonchev–Trinajstić information content (AvgIpc) is 3.01. The van der Waals surface area contributed by atoms with Crippen molar-refractivity contribution < 1.29 is 27.1 Å². The molecule has 0 aliphatic heterocycles. The SMILES string of the molecule is COc1ccc(S(=O)(=O)N(CC(=O)N(Cc2cccc(Cl)c2)C(Cc2ccccc2)C(=O)NC(C)(C)C)c2ccc(F)cc2)cc1. The van der Waals surface area contributed by atoms with Crippen LogP contribution in [0.25, 0.3) is 0 Å². The van der Waals surface area contributed by atoms with Crippen LogP contribution in [0.15, 0.2) is 108 Å². The fraction of sp³-hybridized carbons (Fsp3) is 0.257. The van der Waals surface area contributed by atoms with Crippen molar-refractivity contribution in [3.63, 3.8) is 0 Å². The molecule has 0 fully saturated rings. The van der Waals surface area contributed by atoms with Crippen molar-refractivity contribution in [2.24, 2.45) is 0 Å². The smallest absolute Gasteiger partial charge is 0.264 e. The lowest BCUT2D eigenvalue weighted by atomic mass is 10.0. The largest absolute Gasteiger partial charge is 0.497 e. The fourth-order valence-electron chi connectivity index (χ4n) is 4.85. The Bertz CT molecular complexity index is 1750. The Morgan fingerprint density at radius 3 is 2.11 bits per heavy atom. The molecule has 8 nitrogen and oxygen atoms in total. The number of ether oxygens (including phenoxy) is 1. The minimum Gasteiger partial charge on any atom is -0.497 e. The van der Waals surface area contributed by atoms with Crippen molar-refractivity contribution in [2.45, 2.75) is 50.2 Å². The summed E-state index contributed by atoms with van der Waals surface area (Å²) >= 11 is 6.28. The van der Waals surface area contributed by atoms with E-state index in [-0.39, 0.29) is 23.5 Å². The Hall–Kier alpha value is -4.41. The number of anilines is 1. The zero-order valence-corrected chi connectivity index (χ0v) is 27.7. The van der Waals surface area contributed by atoms with E-state index < -0.39 is 45.8 Å². The number of methoxy groups -OCH3 is 1. The second-order valence-corrected chi connectivity index (χ2v) is 14.1. The van der Waals surface area contributed by atoms with Crippen LogP contribution in [0.1, 0.15) is 31.9 Å². The molecule has 0 aliphatic carbocycles. The van der Waals surface area contributed by atoms with Crippen LogP contribution in [0.2, 0.25) is 5.02 Å². The Balaban J connectivity index is 1.81. The number of hydrogen-bond donors (Lipinski definition) is 1. The van der Waals surface area contributed by atoms with Crippen LogP contribution >= 0.6 is 11.6 Å². The summed E-state index contributed by atoms with van der Waals surface area (Å²) in [6.45, 7) is 4.81. The van der Waals surface area contributed by atoms with Crippen molar-refractivity contribution in [1.29, 1.82) is 0 Å². The minimum absolute atomic E-state index is 0.0334. The van der Waals surface area contributed by atoms with E-state index in [2.05, 4.69) is 5.32 Å². The first-order valence-electron chi connectivity index (χ1n) is 14.6. The maximum Gasteiger partial charge on any atom is 0.264 e. The van der Waals surface area contributed by atoms with Crippen LogP contribution in [-0.4, -0.2) is 50.4 Å². The van der Waals surface area contributed by atoms with Gasteiger partial charge in [-0.3, -0.25) is 13.9 Å². The van der Waals surface area contributed by atoms with Gasteiger partial charge in [-0.25, -0.2) is 12.8 Å². The lowest BCUT2D eigenvalue weighted by Gasteiger charge is -2.35. The van der Waals surface area contributed by atoms with E-state index in [0.717, 1.165) is 22.0 Å². The maximum atomic E-state index is 14.5. The Labute approximate surface area is 274 Å². The first-order valence-corrected chi connectivity index (χ1v) is 16.4. The van der Waals surface area contributed by atoms with E-state index in [1.54, 1.807) is 24.3 Å². The van der Waals surface area contributed by atoms with Crippen LogP contribution in [-0.2, 0) is 32.6 Å². The zero-order chi connectivity index (χ0) is 33.5. The van der Waals surface area contributed by atoms with Gasteiger partial charge in [-0.2, -0.15) is 0 Å². The monoisotopic (exact) mass is 665 g/mol. The molecular weight excluding hydrogens is 629 g/mol. The molecule has 4 rings (SSSR count). The molecule has 0 saturated carbocycles. The molecule has 4 aromatic rings. The predicted molar refractivity (Wildman–Crippen MR) is 178 cm³/mol. The number of amides is 2. The Morgan fingerprint density at radius 2 is 1.52 bits per heavy atom. The van der Waals surface area contributed by atoms with E-state index in [1.165, 1.54) is 48.4 Å². The summed E-state index contributed by atoms with van der Waals surface area (Å²) < 4.78 is 48.2. The molecule has 4 aromatic carbocycles. The number of hydrogen-bond acceptors (Lipinski definition) is 5. The number of rotatable bonds is 12. The van der Waals surface area contributed by atoms with Crippen LogP contribution < -0.4 is 14.4 Å². The second kappa shape index (κ2) is 14.8. The number of nitrogens with zero attached hydrogens (tertiary/aromatic N) is 2. The summed E-state index contributed by atoms with van der Waals surface area (Å²) in [5, 5.41) is 3.43. The van der Waals surface area contributed by atoms with Gasteiger partial charge in [0.2, 0.25) is 11.8 Å². The molecule has 0 heterocycles. The lowest BCUT2D eigenvalue weighted by molar-refractivity contribution is -0.140. The van der Waals surface area contributed by atoms with E-state index in [1.807, 2.05) is 51.1 Å². The third-order valence-electron chi connectivity index (χ3n) is 7.05. The molecule has 11 heteroatoms. The van der Waals surface area contributed by atoms with Gasteiger partial charge in [0.05, 0.1) is 17.7 Å². The predicted octanol–water partition coefficient (Wildman–Crippen LogP) is 6.24. The van der Waals surface area contributed by atoms with Gasteiger partial charge in [-0.1, -0.05) is 54.1 Å². The number of nitrogens with one attached hydrogen (secondary N) is 1. The molecule has 46 heavy (non-hydrogen) atoms. The standard InChI is InChI=1S/C35H37ClFN3O5S/c1-35(2,3)38-34(42)32(22-25-9-6-5-7-10-25)39(23-26-11-8-12-27(36)21-26)33(41)24-40(29-15-13-28(37)14-16-29)46(43,44)31-19-17-30(45-4)18-20-31/h5-21,32H,22-24H2,1-4H3,(H,38,42). The van der Waals surface area contributed by atoms with E-state index >= 15 is 0 Å². The molecule has 0 aromatic heterocycles. The van der Waals surface area contributed by atoms with Gasteiger partial charge in [0.15, 0.2) is 0 Å². The van der Waals surface area contributed by atoms with Crippen molar-refractivity contribution in [3.05, 3.63) is 125 Å². The highest BCUT2D eigenvalue weighted by molar-refractivity contribution is 7.92. The molecule has 1 N–H and O–H groups in total. The van der Waals surface area contributed by atoms with Crippen LogP contribution in [0.5, 0.6) is 5.75 Å². The van der Waals surface area contributed by atoms with Gasteiger partial charge in [0.1, 0.15) is 24.2 Å². The summed E-state index contributed by atoms with van der Waals surface area (Å²) in [6.07, 6.45) is 0.164. The average molecular weight is 666 g/mol. The van der Waals surface area contributed by atoms with Crippen LogP contribution in [0, 0.1) is 5.82 Å². The highest BCUT2D eigenvalue weighted by atomic mass is 35.5.